The molecule has 2 aromatic carbocycles. The third kappa shape index (κ3) is 5.74. The first-order chi connectivity index (χ1) is 12.7. The molecule has 6 heteroatoms. The van der Waals surface area contributed by atoms with Gasteiger partial charge in [0, 0.05) is 5.56 Å². The Morgan fingerprint density at radius 1 is 0.889 bits per heavy atom. The van der Waals surface area contributed by atoms with E-state index in [-0.39, 0.29) is 5.41 Å². The molecule has 27 heavy (non-hydrogen) atoms. The molecule has 2 amide bonds. The van der Waals surface area contributed by atoms with Crippen LogP contribution in [0.5, 0.6) is 11.5 Å². The van der Waals surface area contributed by atoms with Gasteiger partial charge in [0.25, 0.3) is 11.8 Å². The van der Waals surface area contributed by atoms with Gasteiger partial charge in [-0.05, 0) is 54.3 Å². The summed E-state index contributed by atoms with van der Waals surface area (Å²) in [6, 6.07) is 14.2. The van der Waals surface area contributed by atoms with E-state index in [0.717, 1.165) is 0 Å². The average Bonchev–Trinajstić information content (AvgIpc) is 2.65. The second-order valence-corrected chi connectivity index (χ2v) is 7.21. The Morgan fingerprint density at radius 3 is 1.96 bits per heavy atom. The van der Waals surface area contributed by atoms with E-state index in [2.05, 4.69) is 31.6 Å². The van der Waals surface area contributed by atoms with Crippen LogP contribution < -0.4 is 20.3 Å². The van der Waals surface area contributed by atoms with E-state index in [1.165, 1.54) is 5.56 Å². The van der Waals surface area contributed by atoms with Crippen LogP contribution in [-0.2, 0) is 10.2 Å². The van der Waals surface area contributed by atoms with Crippen molar-refractivity contribution in [2.45, 2.75) is 39.2 Å². The van der Waals surface area contributed by atoms with E-state index in [1.54, 1.807) is 38.3 Å². The van der Waals surface area contributed by atoms with Crippen LogP contribution in [0.1, 0.15) is 43.6 Å². The highest BCUT2D eigenvalue weighted by Crippen LogP contribution is 2.24. The van der Waals surface area contributed by atoms with Crippen molar-refractivity contribution in [2.75, 3.05) is 7.11 Å². The highest BCUT2D eigenvalue weighted by molar-refractivity contribution is 5.95. The zero-order valence-corrected chi connectivity index (χ0v) is 16.3. The van der Waals surface area contributed by atoms with Gasteiger partial charge in [0.1, 0.15) is 11.5 Å². The summed E-state index contributed by atoms with van der Waals surface area (Å²) >= 11 is 0. The number of hydrogen-bond donors (Lipinski definition) is 2. The van der Waals surface area contributed by atoms with Crippen molar-refractivity contribution >= 4 is 11.8 Å². The van der Waals surface area contributed by atoms with E-state index in [1.807, 2.05) is 24.3 Å². The van der Waals surface area contributed by atoms with E-state index in [4.69, 9.17) is 9.47 Å². The number of hydrogen-bond acceptors (Lipinski definition) is 4. The predicted octanol–water partition coefficient (Wildman–Crippen LogP) is 3.22. The van der Waals surface area contributed by atoms with Crippen molar-refractivity contribution in [3.63, 3.8) is 0 Å². The molecule has 0 heterocycles. The molecule has 2 N–H and O–H groups in total. The molecule has 2 aromatic rings. The molecule has 0 aliphatic rings. The van der Waals surface area contributed by atoms with Crippen LogP contribution >= 0.6 is 0 Å². The SMILES string of the molecule is COc1ccc(C(=O)NNC(=O)C(C)Oc2ccc(C(C)(C)C)cc2)cc1. The van der Waals surface area contributed by atoms with Gasteiger partial charge in [-0.15, -0.1) is 0 Å². The number of benzene rings is 2. The lowest BCUT2D eigenvalue weighted by Crippen LogP contribution is -2.47. The summed E-state index contributed by atoms with van der Waals surface area (Å²) in [7, 11) is 1.55. The van der Waals surface area contributed by atoms with Crippen molar-refractivity contribution in [3.05, 3.63) is 59.7 Å². The van der Waals surface area contributed by atoms with Crippen molar-refractivity contribution < 1.29 is 19.1 Å². The van der Waals surface area contributed by atoms with E-state index >= 15 is 0 Å². The number of amides is 2. The molecule has 0 radical (unpaired) electrons. The Hall–Kier alpha value is -3.02. The number of carbonyl (C=O) groups is 2. The standard InChI is InChI=1S/C21H26N2O4/c1-14(27-18-12-8-16(9-13-18)21(2,3)4)19(24)22-23-20(25)15-6-10-17(26-5)11-7-15/h6-14H,1-5H3,(H,22,24)(H,23,25). The van der Waals surface area contributed by atoms with Crippen LogP contribution in [0.3, 0.4) is 0 Å². The van der Waals surface area contributed by atoms with Gasteiger partial charge in [0.05, 0.1) is 7.11 Å². The molecule has 0 bridgehead atoms. The second-order valence-electron chi connectivity index (χ2n) is 7.21. The maximum atomic E-state index is 12.1. The fourth-order valence-electron chi connectivity index (χ4n) is 2.33. The third-order valence-electron chi connectivity index (χ3n) is 4.05. The minimum absolute atomic E-state index is 0.0489. The number of hydrazine groups is 1. The Kier molecular flexibility index (Phi) is 6.45. The average molecular weight is 370 g/mol. The van der Waals surface area contributed by atoms with Gasteiger partial charge in [0.2, 0.25) is 0 Å². The Labute approximate surface area is 159 Å². The van der Waals surface area contributed by atoms with Gasteiger partial charge in [-0.1, -0.05) is 32.9 Å². The highest BCUT2D eigenvalue weighted by Gasteiger charge is 2.17. The summed E-state index contributed by atoms with van der Waals surface area (Å²) in [5, 5.41) is 0. The van der Waals surface area contributed by atoms with Gasteiger partial charge in [-0.3, -0.25) is 20.4 Å². The molecule has 0 aromatic heterocycles. The first kappa shape index (κ1) is 20.3. The van der Waals surface area contributed by atoms with Crippen LogP contribution in [-0.4, -0.2) is 25.0 Å². The van der Waals surface area contributed by atoms with Crippen LogP contribution in [0.4, 0.5) is 0 Å². The summed E-state index contributed by atoms with van der Waals surface area (Å²) in [4.78, 5) is 24.2. The topological polar surface area (TPSA) is 76.7 Å². The van der Waals surface area contributed by atoms with E-state index in [0.29, 0.717) is 17.1 Å². The lowest BCUT2D eigenvalue weighted by atomic mass is 9.87. The minimum atomic E-state index is -0.762. The van der Waals surface area contributed by atoms with E-state index in [9.17, 15) is 9.59 Å². The molecular weight excluding hydrogens is 344 g/mol. The molecule has 0 fully saturated rings. The third-order valence-corrected chi connectivity index (χ3v) is 4.05. The van der Waals surface area contributed by atoms with Crippen molar-refractivity contribution in [1.82, 2.24) is 10.9 Å². The number of nitrogens with one attached hydrogen (secondary N) is 2. The van der Waals surface area contributed by atoms with Gasteiger partial charge >= 0.3 is 0 Å². The molecule has 0 spiro atoms. The first-order valence-corrected chi connectivity index (χ1v) is 8.72. The number of rotatable bonds is 5. The smallest absolute Gasteiger partial charge is 0.279 e. The molecule has 1 unspecified atom stereocenters. The van der Waals surface area contributed by atoms with Gasteiger partial charge in [0.15, 0.2) is 6.10 Å². The molecule has 0 saturated carbocycles. The molecule has 6 nitrogen and oxygen atoms in total. The number of ether oxygens (including phenoxy) is 2. The van der Waals surface area contributed by atoms with Crippen LogP contribution in [0.2, 0.25) is 0 Å². The maximum Gasteiger partial charge on any atom is 0.279 e. The number of methoxy groups -OCH3 is 1. The molecule has 1 atom stereocenters. The second kappa shape index (κ2) is 8.58. The number of carbonyl (C=O) groups excluding carboxylic acids is 2. The largest absolute Gasteiger partial charge is 0.497 e. The van der Waals surface area contributed by atoms with Crippen LogP contribution in [0, 0.1) is 0 Å². The Bertz CT molecular complexity index is 777. The van der Waals surface area contributed by atoms with Crippen LogP contribution in [0.15, 0.2) is 48.5 Å². The quantitative estimate of drug-likeness (QED) is 0.793. The monoisotopic (exact) mass is 370 g/mol. The fourth-order valence-corrected chi connectivity index (χ4v) is 2.33. The normalized spacial score (nSPS) is 12.0. The molecule has 144 valence electrons. The van der Waals surface area contributed by atoms with Crippen LogP contribution in [0.25, 0.3) is 0 Å². The summed E-state index contributed by atoms with van der Waals surface area (Å²) in [6.45, 7) is 8.01. The first-order valence-electron chi connectivity index (χ1n) is 8.72. The summed E-state index contributed by atoms with van der Waals surface area (Å²) in [5.74, 6) is 0.367. The summed E-state index contributed by atoms with van der Waals surface area (Å²) < 4.78 is 10.7. The zero-order valence-electron chi connectivity index (χ0n) is 16.3. The highest BCUT2D eigenvalue weighted by atomic mass is 16.5. The maximum absolute atomic E-state index is 12.1. The molecule has 2 rings (SSSR count). The van der Waals surface area contributed by atoms with Gasteiger partial charge in [-0.25, -0.2) is 0 Å². The van der Waals surface area contributed by atoms with Gasteiger partial charge < -0.3 is 9.47 Å². The Balaban J connectivity index is 1.86. The van der Waals surface area contributed by atoms with Crippen molar-refractivity contribution in [3.8, 4) is 11.5 Å². The molecule has 0 aliphatic heterocycles. The Morgan fingerprint density at radius 2 is 1.44 bits per heavy atom. The summed E-state index contributed by atoms with van der Waals surface area (Å²) in [6.07, 6.45) is -0.762. The van der Waals surface area contributed by atoms with Crippen molar-refractivity contribution in [1.29, 1.82) is 0 Å². The van der Waals surface area contributed by atoms with Gasteiger partial charge in [-0.2, -0.15) is 0 Å². The fraction of sp³-hybridized carbons (Fsp3) is 0.333. The summed E-state index contributed by atoms with van der Waals surface area (Å²) in [5.41, 5.74) is 6.38. The van der Waals surface area contributed by atoms with E-state index < -0.39 is 17.9 Å². The molecule has 0 saturated heterocycles. The lowest BCUT2D eigenvalue weighted by Gasteiger charge is -2.20. The minimum Gasteiger partial charge on any atom is -0.497 e. The zero-order chi connectivity index (χ0) is 20.0. The predicted molar refractivity (Wildman–Crippen MR) is 104 cm³/mol. The molecule has 0 aliphatic carbocycles. The lowest BCUT2D eigenvalue weighted by molar-refractivity contribution is -0.128. The molecular formula is C21H26N2O4. The van der Waals surface area contributed by atoms with Crippen molar-refractivity contribution in [2.24, 2.45) is 0 Å².